The summed E-state index contributed by atoms with van der Waals surface area (Å²) in [7, 11) is 0. The molecule has 132 valence electrons. The second-order valence-corrected chi connectivity index (χ2v) is 9.58. The van der Waals surface area contributed by atoms with E-state index in [9.17, 15) is 9.59 Å². The summed E-state index contributed by atoms with van der Waals surface area (Å²) in [6.07, 6.45) is 10.8. The Morgan fingerprint density at radius 3 is 2.67 bits per heavy atom. The van der Waals surface area contributed by atoms with E-state index in [-0.39, 0.29) is 16.7 Å². The van der Waals surface area contributed by atoms with Gasteiger partial charge in [0.05, 0.1) is 0 Å². The van der Waals surface area contributed by atoms with Crippen LogP contribution in [0.5, 0.6) is 0 Å². The zero-order valence-electron chi connectivity index (χ0n) is 15.0. The van der Waals surface area contributed by atoms with E-state index in [1.807, 2.05) is 6.08 Å². The van der Waals surface area contributed by atoms with Crippen LogP contribution in [0.15, 0.2) is 11.6 Å². The number of thiol groups is 1. The minimum absolute atomic E-state index is 0.197. The van der Waals surface area contributed by atoms with Gasteiger partial charge in [-0.1, -0.05) is 19.4 Å². The highest BCUT2D eigenvalue weighted by molar-refractivity contribution is 7.81. The monoisotopic (exact) mass is 346 g/mol. The third-order valence-electron chi connectivity index (χ3n) is 8.51. The quantitative estimate of drug-likeness (QED) is 0.740. The largest absolute Gasteiger partial charge is 0.298 e. The van der Waals surface area contributed by atoms with Crippen molar-refractivity contribution >= 4 is 24.2 Å². The summed E-state index contributed by atoms with van der Waals surface area (Å²) in [5, 5.41) is 0. The zero-order chi connectivity index (χ0) is 17.1. The zero-order valence-corrected chi connectivity index (χ0v) is 15.9. The van der Waals surface area contributed by atoms with Crippen molar-refractivity contribution in [3.63, 3.8) is 0 Å². The van der Waals surface area contributed by atoms with Crippen LogP contribution in [0.4, 0.5) is 0 Å². The molecular formula is C21H30O2S. The third kappa shape index (κ3) is 2.22. The number of ketones is 2. The lowest BCUT2D eigenvalue weighted by Crippen LogP contribution is -2.51. The van der Waals surface area contributed by atoms with E-state index >= 15 is 0 Å². The van der Waals surface area contributed by atoms with Crippen molar-refractivity contribution in [1.29, 1.82) is 0 Å². The first-order valence-electron chi connectivity index (χ1n) is 9.77. The van der Waals surface area contributed by atoms with Gasteiger partial charge in [-0.2, -0.15) is 12.6 Å². The van der Waals surface area contributed by atoms with Gasteiger partial charge in [-0.15, -0.1) is 0 Å². The predicted molar refractivity (Wildman–Crippen MR) is 99.1 cm³/mol. The lowest BCUT2D eigenvalue weighted by Gasteiger charge is -2.58. The molecule has 0 bridgehead atoms. The Balaban J connectivity index is 1.65. The van der Waals surface area contributed by atoms with Crippen molar-refractivity contribution in [3.05, 3.63) is 11.6 Å². The van der Waals surface area contributed by atoms with Crippen LogP contribution < -0.4 is 0 Å². The molecule has 0 aromatic heterocycles. The highest BCUT2D eigenvalue weighted by Gasteiger charge is 2.59. The fourth-order valence-corrected chi connectivity index (χ4v) is 7.42. The average molecular weight is 347 g/mol. The number of rotatable bonds is 2. The molecule has 0 spiro atoms. The molecule has 3 unspecified atom stereocenters. The van der Waals surface area contributed by atoms with Crippen LogP contribution in [0.2, 0.25) is 0 Å². The van der Waals surface area contributed by atoms with Gasteiger partial charge >= 0.3 is 0 Å². The Morgan fingerprint density at radius 2 is 1.92 bits per heavy atom. The molecule has 0 aliphatic heterocycles. The van der Waals surface area contributed by atoms with Gasteiger partial charge in [0.1, 0.15) is 5.78 Å². The lowest BCUT2D eigenvalue weighted by atomic mass is 9.46. The summed E-state index contributed by atoms with van der Waals surface area (Å²) in [6, 6.07) is 0. The highest BCUT2D eigenvalue weighted by atomic mass is 32.1. The molecule has 3 saturated carbocycles. The number of carbonyl (C=O) groups excluding carboxylic acids is 2. The topological polar surface area (TPSA) is 34.1 Å². The first kappa shape index (κ1) is 16.9. The first-order chi connectivity index (χ1) is 11.4. The Morgan fingerprint density at radius 1 is 1.12 bits per heavy atom. The van der Waals surface area contributed by atoms with E-state index in [0.29, 0.717) is 29.2 Å². The van der Waals surface area contributed by atoms with Crippen LogP contribution in [0.3, 0.4) is 0 Å². The average Bonchev–Trinajstić information content (AvgIpc) is 2.92. The molecule has 3 fully saturated rings. The van der Waals surface area contributed by atoms with Gasteiger partial charge in [-0.3, -0.25) is 9.59 Å². The van der Waals surface area contributed by atoms with Crippen molar-refractivity contribution in [2.75, 3.05) is 5.75 Å². The van der Waals surface area contributed by atoms with Gasteiger partial charge in [0, 0.05) is 18.1 Å². The molecule has 4 aliphatic rings. The normalized spacial score (nSPS) is 47.5. The maximum atomic E-state index is 12.4. The number of allylic oxidation sites excluding steroid dienone is 1. The summed E-state index contributed by atoms with van der Waals surface area (Å²) >= 11 is 4.27. The summed E-state index contributed by atoms with van der Waals surface area (Å²) in [6.45, 7) is 4.82. The molecule has 0 heterocycles. The summed E-state index contributed by atoms with van der Waals surface area (Å²) in [4.78, 5) is 24.3. The van der Waals surface area contributed by atoms with E-state index in [1.54, 1.807) is 0 Å². The molecule has 2 nitrogen and oxygen atoms in total. The SMILES string of the molecule is C[C@]12CCC(=O)C=C1CCC1C2CC[C@@]2(C)C1CC[C@@H]2C(=O)CS. The van der Waals surface area contributed by atoms with E-state index in [1.165, 1.54) is 31.3 Å². The van der Waals surface area contributed by atoms with Crippen LogP contribution in [-0.2, 0) is 9.59 Å². The molecule has 0 N–H and O–H groups in total. The molecule has 0 aromatic rings. The van der Waals surface area contributed by atoms with Crippen LogP contribution in [0.1, 0.15) is 65.2 Å². The predicted octanol–water partition coefficient (Wildman–Crippen LogP) is 4.63. The number of hydrogen-bond donors (Lipinski definition) is 1. The number of fused-ring (bicyclic) bond motifs is 5. The van der Waals surface area contributed by atoms with Crippen molar-refractivity contribution in [3.8, 4) is 0 Å². The smallest absolute Gasteiger partial charge is 0.155 e. The van der Waals surface area contributed by atoms with E-state index in [2.05, 4.69) is 26.5 Å². The Hall–Kier alpha value is -0.570. The fourth-order valence-electron chi connectivity index (χ4n) is 7.20. The lowest BCUT2D eigenvalue weighted by molar-refractivity contribution is -0.128. The van der Waals surface area contributed by atoms with Crippen LogP contribution in [0.25, 0.3) is 0 Å². The van der Waals surface area contributed by atoms with Gasteiger partial charge in [0.25, 0.3) is 0 Å². The van der Waals surface area contributed by atoms with Crippen molar-refractivity contribution in [1.82, 2.24) is 0 Å². The van der Waals surface area contributed by atoms with E-state index < -0.39 is 0 Å². The summed E-state index contributed by atoms with van der Waals surface area (Å²) < 4.78 is 0. The van der Waals surface area contributed by atoms with E-state index in [0.717, 1.165) is 31.6 Å². The number of hydrogen-bond acceptors (Lipinski definition) is 3. The van der Waals surface area contributed by atoms with Gasteiger partial charge in [-0.05, 0) is 79.6 Å². The highest BCUT2D eigenvalue weighted by Crippen LogP contribution is 2.66. The molecule has 0 radical (unpaired) electrons. The Kier molecular flexibility index (Phi) is 4.02. The molecule has 3 heteroatoms. The van der Waals surface area contributed by atoms with Crippen molar-refractivity contribution in [2.45, 2.75) is 65.2 Å². The van der Waals surface area contributed by atoms with Crippen molar-refractivity contribution in [2.24, 2.45) is 34.5 Å². The van der Waals surface area contributed by atoms with Gasteiger partial charge in [0.2, 0.25) is 0 Å². The molecular weight excluding hydrogens is 316 g/mol. The minimum atomic E-state index is 0.197. The van der Waals surface area contributed by atoms with Crippen LogP contribution in [0, 0.1) is 34.5 Å². The molecule has 6 atom stereocenters. The maximum Gasteiger partial charge on any atom is 0.155 e. The number of Topliss-reactive ketones (excluding diaryl/α,β-unsaturated/α-hetero) is 1. The molecule has 4 rings (SSSR count). The van der Waals surface area contributed by atoms with Gasteiger partial charge in [-0.25, -0.2) is 0 Å². The second-order valence-electron chi connectivity index (χ2n) is 9.27. The van der Waals surface area contributed by atoms with Crippen LogP contribution >= 0.6 is 12.6 Å². The fraction of sp³-hybridized carbons (Fsp3) is 0.810. The van der Waals surface area contributed by atoms with Crippen LogP contribution in [-0.4, -0.2) is 17.3 Å². The Labute approximate surface area is 151 Å². The van der Waals surface area contributed by atoms with Gasteiger partial charge < -0.3 is 0 Å². The molecule has 0 aromatic carbocycles. The maximum absolute atomic E-state index is 12.4. The van der Waals surface area contributed by atoms with Gasteiger partial charge in [0.15, 0.2) is 5.78 Å². The molecule has 0 amide bonds. The minimum Gasteiger partial charge on any atom is -0.298 e. The van der Waals surface area contributed by atoms with E-state index in [4.69, 9.17) is 0 Å². The molecule has 24 heavy (non-hydrogen) atoms. The summed E-state index contributed by atoms with van der Waals surface area (Å²) in [5.74, 6) is 3.49. The first-order valence-corrected chi connectivity index (χ1v) is 10.4. The number of carbonyl (C=O) groups is 2. The molecule has 0 saturated heterocycles. The second kappa shape index (κ2) is 5.72. The Bertz CT molecular complexity index is 609. The summed E-state index contributed by atoms with van der Waals surface area (Å²) in [5.41, 5.74) is 1.87. The van der Waals surface area contributed by atoms with Crippen molar-refractivity contribution < 1.29 is 9.59 Å². The third-order valence-corrected chi connectivity index (χ3v) is 8.82. The standard InChI is InChI=1S/C21H30O2S/c1-20-9-7-14(22)11-13(20)3-4-15-16-5-6-18(19(23)12-24)21(16,2)10-8-17(15)20/h11,15-18,24H,3-10,12H2,1-2H3/t15?,16?,17?,18-,20+,21+/m1/s1. The molecule has 4 aliphatic carbocycles.